The Hall–Kier alpha value is -2.53. The fourth-order valence-electron chi connectivity index (χ4n) is 2.06. The molecule has 0 aliphatic carbocycles. The van der Waals surface area contributed by atoms with Crippen LogP contribution in [0.3, 0.4) is 0 Å². The molecule has 4 nitrogen and oxygen atoms in total. The van der Waals surface area contributed by atoms with Crippen molar-refractivity contribution in [3.05, 3.63) is 70.9 Å². The molecule has 0 radical (unpaired) electrons. The van der Waals surface area contributed by atoms with E-state index in [1.807, 2.05) is 42.5 Å². The third-order valence-corrected chi connectivity index (χ3v) is 3.80. The van der Waals surface area contributed by atoms with E-state index in [2.05, 4.69) is 4.37 Å². The second kappa shape index (κ2) is 5.22. The van der Waals surface area contributed by atoms with Crippen molar-refractivity contribution in [3.63, 3.8) is 0 Å². The molecule has 2 aromatic carbocycles. The number of hydrogen-bond donors (Lipinski definition) is 0. The second-order valence-corrected chi connectivity index (χ2v) is 5.06. The van der Waals surface area contributed by atoms with Crippen molar-refractivity contribution < 1.29 is 4.92 Å². The Morgan fingerprint density at radius 3 is 2.45 bits per heavy atom. The number of nitrogens with zero attached hydrogens (tertiary/aromatic N) is 2. The first kappa shape index (κ1) is 12.5. The van der Waals surface area contributed by atoms with E-state index >= 15 is 0 Å². The molecule has 0 amide bonds. The van der Waals surface area contributed by atoms with Crippen LogP contribution in [0.4, 0.5) is 5.69 Å². The van der Waals surface area contributed by atoms with Crippen LogP contribution in [0.1, 0.15) is 0 Å². The summed E-state index contributed by atoms with van der Waals surface area (Å²) in [6.45, 7) is 0. The maximum Gasteiger partial charge on any atom is 0.277 e. The maximum absolute atomic E-state index is 11.3. The summed E-state index contributed by atoms with van der Waals surface area (Å²) >= 11 is 1.33. The van der Waals surface area contributed by atoms with Gasteiger partial charge in [0.2, 0.25) is 0 Å². The largest absolute Gasteiger partial charge is 0.277 e. The zero-order valence-electron chi connectivity index (χ0n) is 10.4. The standard InChI is InChI=1S/C15H10N2O2S/c18-17(19)14-10-12(15-8-9-16-20-15)6-7-13(14)11-4-2-1-3-5-11/h1-10H. The molecule has 0 unspecified atom stereocenters. The number of hydrogen-bond acceptors (Lipinski definition) is 4. The first-order valence-electron chi connectivity index (χ1n) is 6.00. The summed E-state index contributed by atoms with van der Waals surface area (Å²) in [7, 11) is 0. The third-order valence-electron chi connectivity index (χ3n) is 3.00. The van der Waals surface area contributed by atoms with Gasteiger partial charge in [0.1, 0.15) is 0 Å². The predicted octanol–water partition coefficient (Wildman–Crippen LogP) is 4.39. The van der Waals surface area contributed by atoms with Gasteiger partial charge in [0, 0.05) is 17.8 Å². The first-order chi connectivity index (χ1) is 9.75. The highest BCUT2D eigenvalue weighted by atomic mass is 32.1. The minimum Gasteiger partial charge on any atom is -0.258 e. The van der Waals surface area contributed by atoms with Crippen molar-refractivity contribution in [2.45, 2.75) is 0 Å². The molecule has 3 rings (SSSR count). The van der Waals surface area contributed by atoms with Crippen LogP contribution in [0.15, 0.2) is 60.8 Å². The monoisotopic (exact) mass is 282 g/mol. The Labute approximate surface area is 119 Å². The minimum atomic E-state index is -0.340. The third kappa shape index (κ3) is 2.31. The number of benzene rings is 2. The summed E-state index contributed by atoms with van der Waals surface area (Å²) in [4.78, 5) is 11.9. The average molecular weight is 282 g/mol. The average Bonchev–Trinajstić information content (AvgIpc) is 3.02. The maximum atomic E-state index is 11.3. The van der Waals surface area contributed by atoms with Crippen LogP contribution >= 0.6 is 11.5 Å². The van der Waals surface area contributed by atoms with Crippen molar-refractivity contribution in [3.8, 4) is 21.6 Å². The smallest absolute Gasteiger partial charge is 0.258 e. The van der Waals surface area contributed by atoms with Gasteiger partial charge in [0.05, 0.1) is 15.4 Å². The molecule has 98 valence electrons. The van der Waals surface area contributed by atoms with E-state index in [1.54, 1.807) is 18.3 Å². The highest BCUT2D eigenvalue weighted by Gasteiger charge is 2.16. The van der Waals surface area contributed by atoms with Gasteiger partial charge in [-0.15, -0.1) is 0 Å². The van der Waals surface area contributed by atoms with Crippen LogP contribution in [-0.4, -0.2) is 9.30 Å². The van der Waals surface area contributed by atoms with Gasteiger partial charge in [-0.25, -0.2) is 4.37 Å². The Morgan fingerprint density at radius 1 is 1.00 bits per heavy atom. The fraction of sp³-hybridized carbons (Fsp3) is 0. The molecular weight excluding hydrogens is 272 g/mol. The van der Waals surface area contributed by atoms with Gasteiger partial charge in [-0.3, -0.25) is 10.1 Å². The lowest BCUT2D eigenvalue weighted by Gasteiger charge is -2.05. The van der Waals surface area contributed by atoms with Crippen LogP contribution in [0.2, 0.25) is 0 Å². The molecule has 1 heterocycles. The van der Waals surface area contributed by atoms with Gasteiger partial charge in [-0.05, 0) is 29.2 Å². The van der Waals surface area contributed by atoms with Crippen molar-refractivity contribution in [2.75, 3.05) is 0 Å². The predicted molar refractivity (Wildman–Crippen MR) is 79.6 cm³/mol. The molecule has 0 atom stereocenters. The molecular formula is C15H10N2O2S. The summed E-state index contributed by atoms with van der Waals surface area (Å²) in [5.41, 5.74) is 2.40. The Balaban J connectivity index is 2.15. The van der Waals surface area contributed by atoms with Gasteiger partial charge in [-0.2, -0.15) is 0 Å². The zero-order valence-corrected chi connectivity index (χ0v) is 11.2. The normalized spacial score (nSPS) is 10.4. The summed E-state index contributed by atoms with van der Waals surface area (Å²) in [6.07, 6.45) is 1.69. The Morgan fingerprint density at radius 2 is 1.80 bits per heavy atom. The molecule has 0 N–H and O–H groups in total. The lowest BCUT2D eigenvalue weighted by Crippen LogP contribution is -1.92. The molecule has 0 saturated heterocycles. The number of aromatic nitrogens is 1. The fourth-order valence-corrected chi connectivity index (χ4v) is 2.65. The SMILES string of the molecule is O=[N+]([O-])c1cc(-c2ccns2)ccc1-c1ccccc1. The molecule has 0 spiro atoms. The van der Waals surface area contributed by atoms with Crippen LogP contribution in [0, 0.1) is 10.1 Å². The van der Waals surface area contributed by atoms with E-state index in [9.17, 15) is 10.1 Å². The Bertz CT molecular complexity index is 740. The van der Waals surface area contributed by atoms with Gasteiger partial charge >= 0.3 is 0 Å². The van der Waals surface area contributed by atoms with Crippen molar-refractivity contribution in [2.24, 2.45) is 0 Å². The highest BCUT2D eigenvalue weighted by Crippen LogP contribution is 2.34. The zero-order chi connectivity index (χ0) is 13.9. The molecule has 0 saturated carbocycles. The van der Waals surface area contributed by atoms with E-state index in [0.29, 0.717) is 5.56 Å². The summed E-state index contributed by atoms with van der Waals surface area (Å²) < 4.78 is 4.03. The van der Waals surface area contributed by atoms with Crippen LogP contribution in [0.25, 0.3) is 21.6 Å². The molecule has 0 aliphatic heterocycles. The number of nitro groups is 1. The van der Waals surface area contributed by atoms with Crippen LogP contribution in [0.5, 0.6) is 0 Å². The summed E-state index contributed by atoms with van der Waals surface area (Å²) in [5, 5.41) is 11.3. The quantitative estimate of drug-likeness (QED) is 0.529. The molecule has 0 fully saturated rings. The van der Waals surface area contributed by atoms with Crippen LogP contribution in [-0.2, 0) is 0 Å². The minimum absolute atomic E-state index is 0.113. The van der Waals surface area contributed by atoms with E-state index < -0.39 is 0 Å². The molecule has 3 aromatic rings. The Kier molecular flexibility index (Phi) is 3.26. The van der Waals surface area contributed by atoms with Crippen LogP contribution < -0.4 is 0 Å². The molecule has 5 heteroatoms. The van der Waals surface area contributed by atoms with Gasteiger partial charge < -0.3 is 0 Å². The molecule has 0 bridgehead atoms. The second-order valence-electron chi connectivity index (χ2n) is 4.23. The van der Waals surface area contributed by atoms with E-state index in [0.717, 1.165) is 16.0 Å². The molecule has 20 heavy (non-hydrogen) atoms. The van der Waals surface area contributed by atoms with Gasteiger partial charge in [0.25, 0.3) is 5.69 Å². The van der Waals surface area contributed by atoms with Crippen molar-refractivity contribution in [1.29, 1.82) is 0 Å². The van der Waals surface area contributed by atoms with E-state index in [-0.39, 0.29) is 10.6 Å². The van der Waals surface area contributed by atoms with E-state index in [1.165, 1.54) is 11.5 Å². The van der Waals surface area contributed by atoms with E-state index in [4.69, 9.17) is 0 Å². The van der Waals surface area contributed by atoms with Gasteiger partial charge in [-0.1, -0.05) is 36.4 Å². The van der Waals surface area contributed by atoms with Gasteiger partial charge in [0.15, 0.2) is 0 Å². The first-order valence-corrected chi connectivity index (χ1v) is 6.78. The van der Waals surface area contributed by atoms with Crippen molar-refractivity contribution >= 4 is 17.2 Å². The molecule has 0 aliphatic rings. The lowest BCUT2D eigenvalue weighted by molar-refractivity contribution is -0.384. The van der Waals surface area contributed by atoms with Crippen molar-refractivity contribution in [1.82, 2.24) is 4.37 Å². The number of rotatable bonds is 3. The highest BCUT2D eigenvalue weighted by molar-refractivity contribution is 7.09. The topological polar surface area (TPSA) is 56.0 Å². The summed E-state index contributed by atoms with van der Waals surface area (Å²) in [5.74, 6) is 0. The lowest BCUT2D eigenvalue weighted by atomic mass is 10.0. The summed E-state index contributed by atoms with van der Waals surface area (Å²) in [6, 6.07) is 16.5. The molecule has 1 aromatic heterocycles. The number of nitro benzene ring substituents is 1.